The van der Waals surface area contributed by atoms with E-state index in [-0.39, 0.29) is 12.3 Å². The van der Waals surface area contributed by atoms with E-state index in [1.807, 2.05) is 0 Å². The SMILES string of the molecule is CCON=C(C#N)C(=O)OCC. The van der Waals surface area contributed by atoms with Gasteiger partial charge in [0.05, 0.1) is 6.61 Å². The molecule has 0 rings (SSSR count). The second-order valence-electron chi connectivity index (χ2n) is 1.69. The zero-order valence-corrected chi connectivity index (χ0v) is 7.03. The third kappa shape index (κ3) is 3.56. The minimum absolute atomic E-state index is 0.214. The fraction of sp³-hybridized carbons (Fsp3) is 0.571. The molecule has 12 heavy (non-hydrogen) atoms. The second kappa shape index (κ2) is 6.16. The van der Waals surface area contributed by atoms with Gasteiger partial charge in [-0.3, -0.25) is 0 Å². The lowest BCUT2D eigenvalue weighted by atomic mass is 10.4. The molecule has 0 saturated carbocycles. The van der Waals surface area contributed by atoms with Crippen molar-refractivity contribution in [2.24, 2.45) is 5.16 Å². The average Bonchev–Trinajstić information content (AvgIpc) is 2.06. The molecule has 0 amide bonds. The van der Waals surface area contributed by atoms with Crippen LogP contribution in [0.3, 0.4) is 0 Å². The maximum Gasteiger partial charge on any atom is 0.371 e. The van der Waals surface area contributed by atoms with Crippen molar-refractivity contribution in [3.05, 3.63) is 0 Å². The molecule has 0 aromatic carbocycles. The number of hydrogen-bond acceptors (Lipinski definition) is 5. The van der Waals surface area contributed by atoms with Gasteiger partial charge in [-0.1, -0.05) is 5.16 Å². The smallest absolute Gasteiger partial charge is 0.371 e. The van der Waals surface area contributed by atoms with Crippen LogP contribution in [0, 0.1) is 11.3 Å². The van der Waals surface area contributed by atoms with E-state index in [9.17, 15) is 4.79 Å². The predicted molar refractivity (Wildman–Crippen MR) is 41.3 cm³/mol. The molecule has 0 atom stereocenters. The van der Waals surface area contributed by atoms with E-state index >= 15 is 0 Å². The molecule has 0 aromatic rings. The summed E-state index contributed by atoms with van der Waals surface area (Å²) in [7, 11) is 0. The van der Waals surface area contributed by atoms with E-state index in [4.69, 9.17) is 5.26 Å². The molecule has 0 bridgehead atoms. The Morgan fingerprint density at radius 2 is 2.17 bits per heavy atom. The molecule has 0 aliphatic heterocycles. The fourth-order valence-corrected chi connectivity index (χ4v) is 0.432. The van der Waals surface area contributed by atoms with Crippen LogP contribution in [0.15, 0.2) is 5.16 Å². The monoisotopic (exact) mass is 170 g/mol. The molecule has 0 spiro atoms. The van der Waals surface area contributed by atoms with E-state index in [1.54, 1.807) is 19.9 Å². The maximum absolute atomic E-state index is 10.8. The van der Waals surface area contributed by atoms with Crippen LogP contribution in [-0.4, -0.2) is 24.9 Å². The van der Waals surface area contributed by atoms with Crippen molar-refractivity contribution in [2.75, 3.05) is 13.2 Å². The Morgan fingerprint density at radius 3 is 2.58 bits per heavy atom. The molecule has 0 aromatic heterocycles. The Labute approximate surface area is 70.6 Å². The molecule has 0 aliphatic rings. The summed E-state index contributed by atoms with van der Waals surface area (Å²) in [4.78, 5) is 15.3. The van der Waals surface area contributed by atoms with Gasteiger partial charge in [-0.15, -0.1) is 0 Å². The van der Waals surface area contributed by atoms with Gasteiger partial charge in [0.25, 0.3) is 5.71 Å². The molecule has 66 valence electrons. The van der Waals surface area contributed by atoms with Crippen LogP contribution < -0.4 is 0 Å². The Balaban J connectivity index is 4.16. The summed E-state index contributed by atoms with van der Waals surface area (Å²) in [6.45, 7) is 3.87. The largest absolute Gasteiger partial charge is 0.461 e. The molecule has 0 radical (unpaired) electrons. The van der Waals surface area contributed by atoms with Crippen LogP contribution >= 0.6 is 0 Å². The van der Waals surface area contributed by atoms with Crippen molar-refractivity contribution in [1.29, 1.82) is 5.26 Å². The predicted octanol–water partition coefficient (Wildman–Crippen LogP) is 0.466. The minimum atomic E-state index is -0.756. The third-order valence-corrected chi connectivity index (χ3v) is 0.860. The Hall–Kier alpha value is -1.57. The third-order valence-electron chi connectivity index (χ3n) is 0.860. The number of rotatable bonds is 4. The standard InChI is InChI=1S/C7H10N2O3/c1-3-11-7(10)6(5-8)9-12-4-2/h3-4H2,1-2H3. The van der Waals surface area contributed by atoms with Crippen molar-refractivity contribution >= 4 is 11.7 Å². The summed E-state index contributed by atoms with van der Waals surface area (Å²) in [6.07, 6.45) is 0. The van der Waals surface area contributed by atoms with Crippen LogP contribution in [0.25, 0.3) is 0 Å². The van der Waals surface area contributed by atoms with E-state index in [1.165, 1.54) is 0 Å². The number of esters is 1. The molecule has 0 heterocycles. The van der Waals surface area contributed by atoms with Gasteiger partial charge in [0, 0.05) is 0 Å². The first kappa shape index (κ1) is 10.4. The van der Waals surface area contributed by atoms with Crippen molar-refractivity contribution in [3.63, 3.8) is 0 Å². The first-order chi connectivity index (χ1) is 5.76. The summed E-state index contributed by atoms with van der Waals surface area (Å²) >= 11 is 0. The lowest BCUT2D eigenvalue weighted by Gasteiger charge is -1.97. The number of hydrogen-bond donors (Lipinski definition) is 0. The summed E-state index contributed by atoms with van der Waals surface area (Å²) in [5.74, 6) is -0.756. The minimum Gasteiger partial charge on any atom is -0.461 e. The highest BCUT2D eigenvalue weighted by Gasteiger charge is 2.11. The van der Waals surface area contributed by atoms with Gasteiger partial charge in [-0.25, -0.2) is 4.79 Å². The van der Waals surface area contributed by atoms with Gasteiger partial charge < -0.3 is 9.57 Å². The first-order valence-corrected chi connectivity index (χ1v) is 3.53. The topological polar surface area (TPSA) is 71.7 Å². The van der Waals surface area contributed by atoms with Gasteiger partial charge >= 0.3 is 5.97 Å². The highest BCUT2D eigenvalue weighted by atomic mass is 16.6. The van der Waals surface area contributed by atoms with Crippen LogP contribution in [0.1, 0.15) is 13.8 Å². The molecular formula is C7H10N2O3. The van der Waals surface area contributed by atoms with Gasteiger partial charge in [-0.2, -0.15) is 5.26 Å². The normalized spacial score (nSPS) is 10.2. The quantitative estimate of drug-likeness (QED) is 0.349. The van der Waals surface area contributed by atoms with Gasteiger partial charge in [0.15, 0.2) is 0 Å². The first-order valence-electron chi connectivity index (χ1n) is 3.53. The Bertz CT molecular complexity index is 217. The maximum atomic E-state index is 10.8. The average molecular weight is 170 g/mol. The van der Waals surface area contributed by atoms with E-state index in [2.05, 4.69) is 14.7 Å². The summed E-state index contributed by atoms with van der Waals surface area (Å²) in [5, 5.41) is 11.6. The summed E-state index contributed by atoms with van der Waals surface area (Å²) < 4.78 is 4.52. The number of ether oxygens (including phenoxy) is 1. The molecule has 0 aliphatic carbocycles. The molecular weight excluding hydrogens is 160 g/mol. The van der Waals surface area contributed by atoms with E-state index < -0.39 is 5.97 Å². The van der Waals surface area contributed by atoms with E-state index in [0.717, 1.165) is 0 Å². The van der Waals surface area contributed by atoms with Crippen molar-refractivity contribution in [2.45, 2.75) is 13.8 Å². The highest BCUT2D eigenvalue weighted by Crippen LogP contribution is 1.85. The lowest BCUT2D eigenvalue weighted by Crippen LogP contribution is -2.16. The van der Waals surface area contributed by atoms with Crippen LogP contribution in [0.4, 0.5) is 0 Å². The zero-order chi connectivity index (χ0) is 9.40. The zero-order valence-electron chi connectivity index (χ0n) is 7.03. The fourth-order valence-electron chi connectivity index (χ4n) is 0.432. The van der Waals surface area contributed by atoms with Crippen molar-refractivity contribution < 1.29 is 14.4 Å². The van der Waals surface area contributed by atoms with E-state index in [0.29, 0.717) is 6.61 Å². The molecule has 0 unspecified atom stereocenters. The van der Waals surface area contributed by atoms with Gasteiger partial charge in [0.2, 0.25) is 0 Å². The van der Waals surface area contributed by atoms with Gasteiger partial charge in [-0.05, 0) is 13.8 Å². The molecule has 5 heteroatoms. The van der Waals surface area contributed by atoms with Crippen LogP contribution in [0.2, 0.25) is 0 Å². The molecule has 0 saturated heterocycles. The molecule has 0 fully saturated rings. The van der Waals surface area contributed by atoms with Gasteiger partial charge in [0.1, 0.15) is 12.7 Å². The molecule has 5 nitrogen and oxygen atoms in total. The number of nitriles is 1. The number of nitrogens with zero attached hydrogens (tertiary/aromatic N) is 2. The van der Waals surface area contributed by atoms with Crippen molar-refractivity contribution in [3.8, 4) is 6.07 Å². The number of carbonyl (C=O) groups excluding carboxylic acids is 1. The highest BCUT2D eigenvalue weighted by molar-refractivity contribution is 6.42. The van der Waals surface area contributed by atoms with Crippen molar-refractivity contribution in [1.82, 2.24) is 0 Å². The lowest BCUT2D eigenvalue weighted by molar-refractivity contribution is -0.135. The molecule has 0 N–H and O–H groups in total. The van der Waals surface area contributed by atoms with Crippen LogP contribution in [0.5, 0.6) is 0 Å². The van der Waals surface area contributed by atoms with Crippen LogP contribution in [-0.2, 0) is 14.4 Å². The summed E-state index contributed by atoms with van der Waals surface area (Å²) in [6, 6.07) is 1.57. The second-order valence-corrected chi connectivity index (χ2v) is 1.69. The number of carbonyl (C=O) groups is 1. The summed E-state index contributed by atoms with van der Waals surface area (Å²) in [5.41, 5.74) is -0.362. The number of oxime groups is 1. The Morgan fingerprint density at radius 1 is 1.50 bits per heavy atom. The Kier molecular flexibility index (Phi) is 5.35.